The highest BCUT2D eigenvalue weighted by Crippen LogP contribution is 2.42. The van der Waals surface area contributed by atoms with Crippen LogP contribution in [0.2, 0.25) is 0 Å². The normalized spacial score (nSPS) is 27.8. The summed E-state index contributed by atoms with van der Waals surface area (Å²) in [6, 6.07) is 2.17. The summed E-state index contributed by atoms with van der Waals surface area (Å²) in [5, 5.41) is 2.06. The van der Waals surface area contributed by atoms with E-state index in [-0.39, 0.29) is 6.04 Å². The molecule has 3 atom stereocenters. The number of thiophene rings is 1. The summed E-state index contributed by atoms with van der Waals surface area (Å²) in [6.45, 7) is 1.95. The second-order valence-electron chi connectivity index (χ2n) is 6.99. The fourth-order valence-corrected chi connectivity index (χ4v) is 5.79. The molecule has 2 aliphatic rings. The second-order valence-corrected chi connectivity index (χ2v) is 9.95. The summed E-state index contributed by atoms with van der Waals surface area (Å²) in [7, 11) is -1.40. The summed E-state index contributed by atoms with van der Waals surface area (Å²) in [4.78, 5) is 11.2. The molecule has 130 valence electrons. The Morgan fingerprint density at radius 3 is 2.88 bits per heavy atom. The SMILES string of the molecule is CN([C@H]1C[C@H]2CCN(c3ncnc4ccsc34)C[C@H]2C1)S(C)(=O)=O. The van der Waals surface area contributed by atoms with E-state index in [4.69, 9.17) is 0 Å². The summed E-state index contributed by atoms with van der Waals surface area (Å²) < 4.78 is 26.4. The van der Waals surface area contributed by atoms with E-state index in [1.165, 1.54) is 6.26 Å². The lowest BCUT2D eigenvalue weighted by molar-refractivity contribution is 0.323. The van der Waals surface area contributed by atoms with Crippen LogP contribution in [0.1, 0.15) is 19.3 Å². The standard InChI is InChI=1S/C16H22N4O2S2/c1-19(24(2,21)22)13-7-11-3-5-20(9-12(11)8-13)16-15-14(4-6-23-15)17-10-18-16/h4,6,10-13H,3,5,7-9H2,1-2H3/t11-,12-,13+/m1/s1. The lowest BCUT2D eigenvalue weighted by atomic mass is 9.89. The van der Waals surface area contributed by atoms with Gasteiger partial charge in [0.25, 0.3) is 0 Å². The largest absolute Gasteiger partial charge is 0.355 e. The van der Waals surface area contributed by atoms with Gasteiger partial charge < -0.3 is 4.90 Å². The number of rotatable bonds is 3. The van der Waals surface area contributed by atoms with E-state index in [0.717, 1.165) is 48.4 Å². The average molecular weight is 367 g/mol. The molecule has 0 amide bonds. The minimum Gasteiger partial charge on any atom is -0.355 e. The summed E-state index contributed by atoms with van der Waals surface area (Å²) >= 11 is 1.69. The van der Waals surface area contributed by atoms with Crippen LogP contribution in [-0.4, -0.2) is 55.1 Å². The number of sulfonamides is 1. The van der Waals surface area contributed by atoms with Crippen LogP contribution in [0.3, 0.4) is 0 Å². The Balaban J connectivity index is 1.53. The zero-order chi connectivity index (χ0) is 16.9. The molecule has 0 unspecified atom stereocenters. The van der Waals surface area contributed by atoms with Crippen molar-refractivity contribution in [2.75, 3.05) is 31.3 Å². The van der Waals surface area contributed by atoms with Crippen molar-refractivity contribution < 1.29 is 8.42 Å². The van der Waals surface area contributed by atoms with Gasteiger partial charge in [-0.2, -0.15) is 0 Å². The molecule has 2 aromatic rings. The van der Waals surface area contributed by atoms with Gasteiger partial charge in [0.1, 0.15) is 12.1 Å². The van der Waals surface area contributed by atoms with Crippen molar-refractivity contribution in [3.8, 4) is 0 Å². The molecule has 1 aliphatic carbocycles. The van der Waals surface area contributed by atoms with Crippen molar-refractivity contribution in [1.29, 1.82) is 0 Å². The van der Waals surface area contributed by atoms with E-state index in [1.54, 1.807) is 29.0 Å². The third kappa shape index (κ3) is 2.80. The van der Waals surface area contributed by atoms with Crippen LogP contribution in [0.25, 0.3) is 10.2 Å². The van der Waals surface area contributed by atoms with E-state index < -0.39 is 10.0 Å². The van der Waals surface area contributed by atoms with Crippen molar-refractivity contribution in [3.05, 3.63) is 17.8 Å². The van der Waals surface area contributed by atoms with Gasteiger partial charge in [0.05, 0.1) is 16.5 Å². The molecule has 4 rings (SSSR count). The van der Waals surface area contributed by atoms with Crippen LogP contribution < -0.4 is 4.90 Å². The molecule has 1 saturated carbocycles. The number of fused-ring (bicyclic) bond motifs is 2. The molecule has 6 nitrogen and oxygen atoms in total. The first kappa shape index (κ1) is 16.2. The Bertz CT molecular complexity index is 851. The van der Waals surface area contributed by atoms with Crippen molar-refractivity contribution in [3.63, 3.8) is 0 Å². The average Bonchev–Trinajstić information content (AvgIpc) is 3.18. The van der Waals surface area contributed by atoms with Crippen molar-refractivity contribution >= 4 is 37.4 Å². The molecule has 3 heterocycles. The van der Waals surface area contributed by atoms with E-state index in [2.05, 4.69) is 20.2 Å². The van der Waals surface area contributed by atoms with E-state index in [0.29, 0.717) is 11.8 Å². The van der Waals surface area contributed by atoms with Gasteiger partial charge in [0.2, 0.25) is 10.0 Å². The first-order valence-corrected chi connectivity index (χ1v) is 11.0. The van der Waals surface area contributed by atoms with Gasteiger partial charge in [-0.3, -0.25) is 0 Å². The zero-order valence-electron chi connectivity index (χ0n) is 13.9. The molecule has 0 radical (unpaired) electrons. The number of nitrogens with zero attached hydrogens (tertiary/aromatic N) is 4. The van der Waals surface area contributed by atoms with Gasteiger partial charge in [0, 0.05) is 26.2 Å². The number of aromatic nitrogens is 2. The number of hydrogen-bond acceptors (Lipinski definition) is 6. The van der Waals surface area contributed by atoms with E-state index >= 15 is 0 Å². The fraction of sp³-hybridized carbons (Fsp3) is 0.625. The third-order valence-electron chi connectivity index (χ3n) is 5.60. The maximum Gasteiger partial charge on any atom is 0.211 e. The molecule has 1 aliphatic heterocycles. The first-order valence-electron chi connectivity index (χ1n) is 8.29. The van der Waals surface area contributed by atoms with E-state index in [1.807, 2.05) is 6.07 Å². The molecule has 8 heteroatoms. The smallest absolute Gasteiger partial charge is 0.211 e. The molecule has 24 heavy (non-hydrogen) atoms. The quantitative estimate of drug-likeness (QED) is 0.833. The molecular formula is C16H22N4O2S2. The van der Waals surface area contributed by atoms with Gasteiger partial charge in [0.15, 0.2) is 0 Å². The van der Waals surface area contributed by atoms with Gasteiger partial charge >= 0.3 is 0 Å². The van der Waals surface area contributed by atoms with Crippen LogP contribution in [0.4, 0.5) is 5.82 Å². The highest BCUT2D eigenvalue weighted by Gasteiger charge is 2.41. The Kier molecular flexibility index (Phi) is 4.01. The molecule has 0 aromatic carbocycles. The number of anilines is 1. The Labute approximate surface area is 146 Å². The third-order valence-corrected chi connectivity index (χ3v) is 7.85. The summed E-state index contributed by atoms with van der Waals surface area (Å²) in [5.74, 6) is 2.20. The molecular weight excluding hydrogens is 344 g/mol. The molecule has 1 saturated heterocycles. The van der Waals surface area contributed by atoms with Crippen molar-refractivity contribution in [2.45, 2.75) is 25.3 Å². The predicted molar refractivity (Wildman–Crippen MR) is 96.9 cm³/mol. The van der Waals surface area contributed by atoms with Gasteiger partial charge in [-0.15, -0.1) is 11.3 Å². The summed E-state index contributed by atoms with van der Waals surface area (Å²) in [6.07, 6.45) is 5.99. The minimum atomic E-state index is -3.12. The van der Waals surface area contributed by atoms with Gasteiger partial charge in [-0.1, -0.05) is 0 Å². The zero-order valence-corrected chi connectivity index (χ0v) is 15.6. The van der Waals surface area contributed by atoms with Crippen LogP contribution in [0.15, 0.2) is 17.8 Å². The van der Waals surface area contributed by atoms with Crippen LogP contribution >= 0.6 is 11.3 Å². The Hall–Kier alpha value is -1.25. The van der Waals surface area contributed by atoms with Crippen LogP contribution in [-0.2, 0) is 10.0 Å². The van der Waals surface area contributed by atoms with Gasteiger partial charge in [-0.05, 0) is 42.5 Å². The fourth-order valence-electron chi connectivity index (χ4n) is 4.21. The van der Waals surface area contributed by atoms with Crippen LogP contribution in [0.5, 0.6) is 0 Å². The molecule has 0 bridgehead atoms. The van der Waals surface area contributed by atoms with Crippen molar-refractivity contribution in [1.82, 2.24) is 14.3 Å². The van der Waals surface area contributed by atoms with Crippen LogP contribution in [0, 0.1) is 11.8 Å². The topological polar surface area (TPSA) is 66.4 Å². The molecule has 2 fully saturated rings. The van der Waals surface area contributed by atoms with Crippen molar-refractivity contribution in [2.24, 2.45) is 11.8 Å². The highest BCUT2D eigenvalue weighted by molar-refractivity contribution is 7.88. The molecule has 2 aromatic heterocycles. The van der Waals surface area contributed by atoms with Gasteiger partial charge in [-0.25, -0.2) is 22.7 Å². The maximum atomic E-state index is 11.8. The first-order chi connectivity index (χ1) is 11.4. The molecule has 0 N–H and O–H groups in total. The lowest BCUT2D eigenvalue weighted by Crippen LogP contribution is -2.39. The Morgan fingerprint density at radius 1 is 1.29 bits per heavy atom. The number of piperidine rings is 1. The number of hydrogen-bond donors (Lipinski definition) is 0. The Morgan fingerprint density at radius 2 is 2.08 bits per heavy atom. The molecule has 0 spiro atoms. The summed E-state index contributed by atoms with van der Waals surface area (Å²) in [5.41, 5.74) is 1.01. The predicted octanol–water partition coefficient (Wildman–Crippen LogP) is 2.19. The second kappa shape index (κ2) is 5.93. The maximum absolute atomic E-state index is 11.8. The minimum absolute atomic E-state index is 0.141. The monoisotopic (exact) mass is 366 g/mol. The van der Waals surface area contributed by atoms with E-state index in [9.17, 15) is 8.42 Å². The highest BCUT2D eigenvalue weighted by atomic mass is 32.2. The lowest BCUT2D eigenvalue weighted by Gasteiger charge is -2.35.